The van der Waals surface area contributed by atoms with Crippen molar-refractivity contribution >= 4 is 28.6 Å². The van der Waals surface area contributed by atoms with Gasteiger partial charge in [0, 0.05) is 23.4 Å². The van der Waals surface area contributed by atoms with E-state index in [-0.39, 0.29) is 16.2 Å². The zero-order valence-electron chi connectivity index (χ0n) is 10.2. The van der Waals surface area contributed by atoms with Gasteiger partial charge in [-0.15, -0.1) is 0 Å². The van der Waals surface area contributed by atoms with Gasteiger partial charge in [-0.3, -0.25) is 0 Å². The van der Waals surface area contributed by atoms with E-state index in [1.54, 1.807) is 0 Å². The molecule has 3 N–H and O–H groups in total. The maximum Gasteiger partial charge on any atom is 0.194 e. The number of nitrogens with two attached hydrogens (primary N) is 1. The molecular weight excluding hydrogens is 311 g/mol. The average molecular weight is 318 g/mol. The fourth-order valence-electron chi connectivity index (χ4n) is 1.62. The van der Waals surface area contributed by atoms with Crippen molar-refractivity contribution in [3.8, 4) is 0 Å². The molecule has 0 unspecified atom stereocenters. The minimum absolute atomic E-state index is 0.284. The normalized spacial score (nSPS) is 10.5. The van der Waals surface area contributed by atoms with E-state index in [0.29, 0.717) is 12.1 Å². The predicted molar refractivity (Wildman–Crippen MR) is 71.8 cm³/mol. The largest absolute Gasteiger partial charge is 0.389 e. The number of nitrogens with one attached hydrogen (secondary N) is 1. The highest BCUT2D eigenvalue weighted by Gasteiger charge is 2.16. The van der Waals surface area contributed by atoms with Gasteiger partial charge in [-0.25, -0.2) is 22.0 Å². The summed E-state index contributed by atoms with van der Waals surface area (Å²) in [4.78, 5) is -0.336. The van der Waals surface area contributed by atoms with Gasteiger partial charge in [-0.2, -0.15) is 0 Å². The molecule has 2 aromatic rings. The Kier molecular flexibility index (Phi) is 4.08. The standard InChI is InChI=1S/C13H7F5N2S/c14-7-3-5(4-8(15)11(7)17)20-9-2-1-6(13(19)21)10(16)12(9)18/h1-4,20H,(H2,19,21). The second-order valence-electron chi connectivity index (χ2n) is 4.03. The third kappa shape index (κ3) is 2.94. The minimum atomic E-state index is -1.66. The van der Waals surface area contributed by atoms with Crippen molar-refractivity contribution in [3.63, 3.8) is 0 Å². The van der Waals surface area contributed by atoms with Gasteiger partial charge in [-0.05, 0) is 12.1 Å². The number of rotatable bonds is 3. The minimum Gasteiger partial charge on any atom is -0.389 e. The van der Waals surface area contributed by atoms with E-state index in [4.69, 9.17) is 5.73 Å². The molecule has 0 fully saturated rings. The van der Waals surface area contributed by atoms with E-state index < -0.39 is 34.8 Å². The first kappa shape index (κ1) is 15.2. The van der Waals surface area contributed by atoms with Gasteiger partial charge in [0.05, 0.1) is 5.69 Å². The van der Waals surface area contributed by atoms with Crippen molar-refractivity contribution in [3.05, 3.63) is 58.9 Å². The first-order chi connectivity index (χ1) is 9.81. The van der Waals surface area contributed by atoms with Crippen LogP contribution in [0.5, 0.6) is 0 Å². The molecule has 110 valence electrons. The smallest absolute Gasteiger partial charge is 0.194 e. The summed E-state index contributed by atoms with van der Waals surface area (Å²) in [5.41, 5.74) is 4.22. The first-order valence-corrected chi connectivity index (χ1v) is 5.91. The Labute approximate surface area is 121 Å². The van der Waals surface area contributed by atoms with Crippen LogP contribution in [0.3, 0.4) is 0 Å². The molecule has 0 amide bonds. The van der Waals surface area contributed by atoms with Crippen LogP contribution in [0.1, 0.15) is 5.56 Å². The van der Waals surface area contributed by atoms with Crippen LogP contribution < -0.4 is 11.1 Å². The van der Waals surface area contributed by atoms with Crippen LogP contribution in [-0.4, -0.2) is 4.99 Å². The maximum absolute atomic E-state index is 13.8. The summed E-state index contributed by atoms with van der Waals surface area (Å²) in [6.45, 7) is 0. The molecule has 2 aromatic carbocycles. The van der Waals surface area contributed by atoms with Crippen LogP contribution in [0.25, 0.3) is 0 Å². The average Bonchev–Trinajstić information content (AvgIpc) is 2.41. The molecule has 0 bridgehead atoms. The highest BCUT2D eigenvalue weighted by molar-refractivity contribution is 7.80. The topological polar surface area (TPSA) is 38.0 Å². The van der Waals surface area contributed by atoms with Gasteiger partial charge in [0.25, 0.3) is 0 Å². The molecule has 0 aliphatic heterocycles. The van der Waals surface area contributed by atoms with Crippen molar-refractivity contribution < 1.29 is 22.0 Å². The number of benzene rings is 2. The SMILES string of the molecule is NC(=S)c1ccc(Nc2cc(F)c(F)c(F)c2)c(F)c1F. The van der Waals surface area contributed by atoms with E-state index in [2.05, 4.69) is 17.5 Å². The second-order valence-corrected chi connectivity index (χ2v) is 4.47. The molecule has 0 radical (unpaired) electrons. The van der Waals surface area contributed by atoms with Gasteiger partial charge >= 0.3 is 0 Å². The molecule has 21 heavy (non-hydrogen) atoms. The van der Waals surface area contributed by atoms with Gasteiger partial charge in [0.1, 0.15) is 4.99 Å². The molecule has 0 heterocycles. The number of hydrogen-bond donors (Lipinski definition) is 2. The van der Waals surface area contributed by atoms with E-state index in [0.717, 1.165) is 12.1 Å². The van der Waals surface area contributed by atoms with Crippen LogP contribution in [0, 0.1) is 29.1 Å². The highest BCUT2D eigenvalue weighted by Crippen LogP contribution is 2.26. The molecular formula is C13H7F5N2S. The Morgan fingerprint density at radius 3 is 2.00 bits per heavy atom. The number of hydrogen-bond acceptors (Lipinski definition) is 2. The summed E-state index contributed by atoms with van der Waals surface area (Å²) in [6, 6.07) is 3.42. The third-order valence-corrected chi connectivity index (χ3v) is 2.83. The molecule has 0 aromatic heterocycles. The Hall–Kier alpha value is -2.22. The number of anilines is 2. The summed E-state index contributed by atoms with van der Waals surface area (Å²) in [5, 5.41) is 2.24. The van der Waals surface area contributed by atoms with Crippen molar-refractivity contribution in [2.24, 2.45) is 5.73 Å². The molecule has 0 saturated heterocycles. The Morgan fingerprint density at radius 2 is 1.48 bits per heavy atom. The van der Waals surface area contributed by atoms with Crippen LogP contribution >= 0.6 is 12.2 Å². The lowest BCUT2D eigenvalue weighted by Crippen LogP contribution is -2.13. The lowest BCUT2D eigenvalue weighted by Gasteiger charge is -2.10. The summed E-state index contributed by atoms with van der Waals surface area (Å²) in [5.74, 6) is -7.20. The number of halogens is 5. The van der Waals surface area contributed by atoms with E-state index >= 15 is 0 Å². The van der Waals surface area contributed by atoms with Gasteiger partial charge < -0.3 is 11.1 Å². The van der Waals surface area contributed by atoms with Crippen molar-refractivity contribution in [1.29, 1.82) is 0 Å². The molecule has 0 atom stereocenters. The van der Waals surface area contributed by atoms with Gasteiger partial charge in [0.15, 0.2) is 29.1 Å². The zero-order chi connectivity index (χ0) is 15.7. The summed E-state index contributed by atoms with van der Waals surface area (Å²) < 4.78 is 66.3. The zero-order valence-corrected chi connectivity index (χ0v) is 11.0. The van der Waals surface area contributed by atoms with Crippen LogP contribution in [-0.2, 0) is 0 Å². The first-order valence-electron chi connectivity index (χ1n) is 5.50. The fraction of sp³-hybridized carbons (Fsp3) is 0. The molecule has 2 nitrogen and oxygen atoms in total. The van der Waals surface area contributed by atoms with Gasteiger partial charge in [-0.1, -0.05) is 12.2 Å². The summed E-state index contributed by atoms with van der Waals surface area (Å²) >= 11 is 4.54. The Balaban J connectivity index is 2.41. The van der Waals surface area contributed by atoms with Crippen LogP contribution in [0.4, 0.5) is 33.3 Å². The Bertz CT molecular complexity index is 710. The molecule has 2 rings (SSSR count). The molecule has 0 aliphatic carbocycles. The predicted octanol–water partition coefficient (Wildman–Crippen LogP) is 3.76. The van der Waals surface area contributed by atoms with Crippen molar-refractivity contribution in [2.75, 3.05) is 5.32 Å². The maximum atomic E-state index is 13.8. The highest BCUT2D eigenvalue weighted by atomic mass is 32.1. The van der Waals surface area contributed by atoms with Gasteiger partial charge in [0.2, 0.25) is 0 Å². The van der Waals surface area contributed by atoms with Crippen molar-refractivity contribution in [1.82, 2.24) is 0 Å². The quantitative estimate of drug-likeness (QED) is 0.514. The van der Waals surface area contributed by atoms with Crippen LogP contribution in [0.15, 0.2) is 24.3 Å². The number of thiocarbonyl (C=S) groups is 1. The fourth-order valence-corrected chi connectivity index (χ4v) is 1.78. The summed E-state index contributed by atoms with van der Waals surface area (Å²) in [7, 11) is 0. The van der Waals surface area contributed by atoms with E-state index in [1.807, 2.05) is 0 Å². The summed E-state index contributed by atoms with van der Waals surface area (Å²) in [6.07, 6.45) is 0. The van der Waals surface area contributed by atoms with Crippen molar-refractivity contribution in [2.45, 2.75) is 0 Å². The monoisotopic (exact) mass is 318 g/mol. The molecule has 0 spiro atoms. The second kappa shape index (κ2) is 5.65. The lowest BCUT2D eigenvalue weighted by molar-refractivity contribution is 0.448. The third-order valence-electron chi connectivity index (χ3n) is 2.61. The molecule has 0 aliphatic rings. The molecule has 8 heteroatoms. The van der Waals surface area contributed by atoms with Crippen LogP contribution in [0.2, 0.25) is 0 Å². The Morgan fingerprint density at radius 1 is 0.905 bits per heavy atom. The lowest BCUT2D eigenvalue weighted by atomic mass is 10.1. The molecule has 0 saturated carbocycles. The van der Waals surface area contributed by atoms with E-state index in [1.165, 1.54) is 0 Å². The van der Waals surface area contributed by atoms with E-state index in [9.17, 15) is 22.0 Å².